The Morgan fingerprint density at radius 2 is 1.19 bits per heavy atom. The van der Waals surface area contributed by atoms with Gasteiger partial charge in [0.1, 0.15) is 5.60 Å². The van der Waals surface area contributed by atoms with Crippen molar-refractivity contribution in [3.63, 3.8) is 0 Å². The lowest BCUT2D eigenvalue weighted by Gasteiger charge is -2.26. The van der Waals surface area contributed by atoms with Gasteiger partial charge in [-0.25, -0.2) is 0 Å². The second-order valence-corrected chi connectivity index (χ2v) is 12.2. The van der Waals surface area contributed by atoms with Crippen molar-refractivity contribution in [1.82, 2.24) is 0 Å². The molecule has 2 unspecified atom stereocenters. The molecule has 2 rings (SSSR count). The monoisotopic (exact) mass is 488 g/mol. The average molecular weight is 489 g/mol. The fourth-order valence-corrected chi connectivity index (χ4v) is 5.97. The van der Waals surface area contributed by atoms with Gasteiger partial charge in [0.2, 0.25) is 0 Å². The quantitative estimate of drug-likeness (QED) is 0.443. The molecule has 2 atom stereocenters. The molecule has 0 aliphatic heterocycles. The highest BCUT2D eigenvalue weighted by atomic mass is 32.2. The van der Waals surface area contributed by atoms with Crippen LogP contribution in [0, 0.1) is 23.7 Å². The molecule has 0 amide bonds. The minimum Gasteiger partial charge on any atom is -0.481 e. The van der Waals surface area contributed by atoms with Crippen molar-refractivity contribution in [2.75, 3.05) is 11.5 Å². The topological polar surface area (TPSA) is 97.7 Å². The van der Waals surface area contributed by atoms with E-state index in [9.17, 15) is 19.2 Å². The predicted octanol–water partition coefficient (Wildman–Crippen LogP) is 5.57. The van der Waals surface area contributed by atoms with Gasteiger partial charge in [0, 0.05) is 25.4 Å². The fraction of sp³-hybridized carbons (Fsp3) is 0.833. The number of carboxylic acid groups (broad SMARTS) is 1. The number of carboxylic acids is 1. The van der Waals surface area contributed by atoms with E-state index in [-0.39, 0.29) is 28.0 Å². The van der Waals surface area contributed by atoms with Gasteiger partial charge >= 0.3 is 11.9 Å². The van der Waals surface area contributed by atoms with Crippen molar-refractivity contribution in [1.29, 1.82) is 0 Å². The molecule has 0 radical (unpaired) electrons. The first-order valence-electron chi connectivity index (χ1n) is 11.6. The van der Waals surface area contributed by atoms with Crippen LogP contribution >= 0.6 is 23.5 Å². The molecule has 32 heavy (non-hydrogen) atoms. The number of carbonyl (C=O) groups excluding carboxylic acids is 3. The normalized spacial score (nSPS) is 19.0. The number of thioether (sulfide) groups is 2. The highest BCUT2D eigenvalue weighted by Gasteiger charge is 2.34. The number of aliphatic carboxylic acids is 1. The molecule has 0 saturated heterocycles. The molecule has 2 saturated carbocycles. The smallest absolute Gasteiger partial charge is 0.310 e. The lowest BCUT2D eigenvalue weighted by molar-refractivity contribution is -0.161. The van der Waals surface area contributed by atoms with Crippen LogP contribution in [0.3, 0.4) is 0 Å². The fourth-order valence-electron chi connectivity index (χ4n) is 4.32. The van der Waals surface area contributed by atoms with E-state index in [1.807, 2.05) is 20.8 Å². The second-order valence-electron chi connectivity index (χ2n) is 9.78. The van der Waals surface area contributed by atoms with Crippen LogP contribution in [0.25, 0.3) is 0 Å². The molecule has 0 aromatic carbocycles. The Bertz CT molecular complexity index is 631. The number of hydrogen-bond donors (Lipinski definition) is 1. The van der Waals surface area contributed by atoms with Crippen molar-refractivity contribution in [3.8, 4) is 0 Å². The maximum absolute atomic E-state index is 12.2. The summed E-state index contributed by atoms with van der Waals surface area (Å²) in [4.78, 5) is 45.0. The maximum atomic E-state index is 12.2. The third-order valence-corrected chi connectivity index (χ3v) is 7.76. The van der Waals surface area contributed by atoms with Crippen LogP contribution < -0.4 is 0 Å². The summed E-state index contributed by atoms with van der Waals surface area (Å²) < 4.78 is 5.48. The molecule has 1 N–H and O–H groups in total. The maximum Gasteiger partial charge on any atom is 0.310 e. The highest BCUT2D eigenvalue weighted by molar-refractivity contribution is 8.13. The van der Waals surface area contributed by atoms with Crippen LogP contribution in [-0.4, -0.2) is 44.4 Å². The molecule has 0 bridgehead atoms. The first-order chi connectivity index (χ1) is 14.9. The van der Waals surface area contributed by atoms with Gasteiger partial charge in [0.15, 0.2) is 10.2 Å². The Hall–Kier alpha value is -1.02. The third-order valence-electron chi connectivity index (χ3n) is 5.90. The van der Waals surface area contributed by atoms with E-state index in [0.717, 1.165) is 50.3 Å². The van der Waals surface area contributed by atoms with Crippen LogP contribution in [-0.2, 0) is 23.9 Å². The number of carbonyl (C=O) groups is 4. The molecule has 0 heterocycles. The van der Waals surface area contributed by atoms with E-state index >= 15 is 0 Å². The van der Waals surface area contributed by atoms with Crippen molar-refractivity contribution < 1.29 is 29.0 Å². The van der Waals surface area contributed by atoms with Crippen LogP contribution in [0.1, 0.15) is 86.0 Å². The van der Waals surface area contributed by atoms with Crippen molar-refractivity contribution in [3.05, 3.63) is 0 Å². The van der Waals surface area contributed by atoms with E-state index in [4.69, 9.17) is 9.84 Å². The van der Waals surface area contributed by atoms with Gasteiger partial charge < -0.3 is 9.84 Å². The lowest BCUT2D eigenvalue weighted by Crippen LogP contribution is -2.33. The summed E-state index contributed by atoms with van der Waals surface area (Å²) in [6.07, 6.45) is 8.84. The molecule has 2 aliphatic carbocycles. The van der Waals surface area contributed by atoms with Crippen molar-refractivity contribution in [2.24, 2.45) is 23.7 Å². The number of esters is 1. The van der Waals surface area contributed by atoms with Crippen molar-refractivity contribution >= 4 is 45.7 Å². The molecule has 2 aliphatic rings. The molecule has 2 fully saturated rings. The first-order valence-corrected chi connectivity index (χ1v) is 13.6. The Morgan fingerprint density at radius 3 is 1.53 bits per heavy atom. The number of rotatable bonds is 8. The molecule has 8 heteroatoms. The lowest BCUT2D eigenvalue weighted by atomic mass is 9.92. The average Bonchev–Trinajstić information content (AvgIpc) is 3.34. The summed E-state index contributed by atoms with van der Waals surface area (Å²) in [7, 11) is 0. The third kappa shape index (κ3) is 11.7. The molecular weight excluding hydrogens is 448 g/mol. The van der Waals surface area contributed by atoms with E-state index in [2.05, 4.69) is 0 Å². The van der Waals surface area contributed by atoms with Gasteiger partial charge in [-0.15, -0.1) is 0 Å². The number of ether oxygens (including phenoxy) is 1. The Labute approximate surface area is 201 Å². The molecule has 6 nitrogen and oxygen atoms in total. The first kappa shape index (κ1) is 29.0. The minimum atomic E-state index is -0.745. The van der Waals surface area contributed by atoms with E-state index in [0.29, 0.717) is 23.3 Å². The number of hydrogen-bond acceptors (Lipinski definition) is 7. The van der Waals surface area contributed by atoms with Crippen molar-refractivity contribution in [2.45, 2.75) is 91.6 Å². The largest absolute Gasteiger partial charge is 0.481 e. The summed E-state index contributed by atoms with van der Waals surface area (Å²) in [5.41, 5.74) is -0.450. The Morgan fingerprint density at radius 1 is 0.812 bits per heavy atom. The second kappa shape index (κ2) is 14.3. The predicted molar refractivity (Wildman–Crippen MR) is 131 cm³/mol. The summed E-state index contributed by atoms with van der Waals surface area (Å²) in [6, 6.07) is 0. The zero-order chi connectivity index (χ0) is 24.3. The van der Waals surface area contributed by atoms with Crippen LogP contribution in [0.2, 0.25) is 0 Å². The van der Waals surface area contributed by atoms with Gasteiger partial charge in [-0.1, -0.05) is 49.2 Å². The van der Waals surface area contributed by atoms with E-state index < -0.39 is 11.6 Å². The summed E-state index contributed by atoms with van der Waals surface area (Å²) in [5, 5.41) is 9.10. The van der Waals surface area contributed by atoms with E-state index in [1.165, 1.54) is 31.5 Å². The Balaban J connectivity index is 0.000000330. The van der Waals surface area contributed by atoms with E-state index in [1.54, 1.807) is 6.92 Å². The summed E-state index contributed by atoms with van der Waals surface area (Å²) in [6.45, 7) is 8.68. The molecular formula is C24H40O6S2. The summed E-state index contributed by atoms with van der Waals surface area (Å²) >= 11 is 2.38. The minimum absolute atomic E-state index is 0.00856. The van der Waals surface area contributed by atoms with Gasteiger partial charge in [-0.3, -0.25) is 19.2 Å². The Kier molecular flexibility index (Phi) is 13.0. The molecule has 0 aromatic heterocycles. The molecule has 184 valence electrons. The molecule has 0 spiro atoms. The van der Waals surface area contributed by atoms with Gasteiger partial charge in [-0.2, -0.15) is 0 Å². The van der Waals surface area contributed by atoms with Gasteiger partial charge in [-0.05, 0) is 58.3 Å². The zero-order valence-corrected chi connectivity index (χ0v) is 21.8. The van der Waals surface area contributed by atoms with Crippen LogP contribution in [0.15, 0.2) is 0 Å². The highest BCUT2D eigenvalue weighted by Crippen LogP contribution is 2.35. The SMILES string of the molecule is CC(=O)SCC(C(=O)O)C1CCCC1.CC(=O)SCC(C(=O)OC(C)(C)C)C1CCCC1. The summed E-state index contributed by atoms with van der Waals surface area (Å²) in [5.74, 6) is 0.358. The van der Waals surface area contributed by atoms with Crippen LogP contribution in [0.5, 0.6) is 0 Å². The van der Waals surface area contributed by atoms with Gasteiger partial charge in [0.05, 0.1) is 11.8 Å². The van der Waals surface area contributed by atoms with Crippen LogP contribution in [0.4, 0.5) is 0 Å². The van der Waals surface area contributed by atoms with Gasteiger partial charge in [0.25, 0.3) is 0 Å². The molecule has 0 aromatic rings. The zero-order valence-electron chi connectivity index (χ0n) is 20.2. The standard InChI is InChI=1S/C14H24O3S.C10H16O3S/c1-10(15)18-9-12(11-7-5-6-8-11)13(16)17-14(2,3)4;1-7(11)14-6-9(10(12)13)8-4-2-3-5-8/h11-12H,5-9H2,1-4H3;8-9H,2-6H2,1H3,(H,12,13).